The van der Waals surface area contributed by atoms with Gasteiger partial charge in [0, 0.05) is 11.6 Å². The fourth-order valence-corrected chi connectivity index (χ4v) is 2.91. The Hall–Kier alpha value is -1.95. The molecular weight excluding hydrogens is 360 g/mol. The smallest absolute Gasteiger partial charge is 0.264 e. The summed E-state index contributed by atoms with van der Waals surface area (Å²) in [6, 6.07) is 3.10. The standard InChI is InChI=1S/C14H15F2N3O5S/c1-25(20,21)23-5-13-22-7-14(24-13,6-19-9-17-8-18-19)11-3-2-10(15)4-12(11)16/h2-4,8-9,13H,5-7H2,1H3/t13-,14+/m0/s1. The second-order valence-corrected chi connectivity index (χ2v) is 7.20. The highest BCUT2D eigenvalue weighted by molar-refractivity contribution is 7.85. The number of rotatable bonds is 6. The average molecular weight is 375 g/mol. The highest BCUT2D eigenvalue weighted by Gasteiger charge is 2.45. The van der Waals surface area contributed by atoms with E-state index in [0.717, 1.165) is 18.4 Å². The molecule has 3 rings (SSSR count). The van der Waals surface area contributed by atoms with Crippen molar-refractivity contribution in [3.63, 3.8) is 0 Å². The SMILES string of the molecule is CS(=O)(=O)OC[C@H]1OC[C@](Cn2cncn2)(c2ccc(F)cc2F)O1. The molecule has 8 nitrogen and oxygen atoms in total. The van der Waals surface area contributed by atoms with Gasteiger partial charge < -0.3 is 9.47 Å². The van der Waals surface area contributed by atoms with Gasteiger partial charge in [0.15, 0.2) is 6.29 Å². The molecule has 1 aliphatic rings. The van der Waals surface area contributed by atoms with E-state index in [1.807, 2.05) is 0 Å². The van der Waals surface area contributed by atoms with Crippen molar-refractivity contribution in [1.29, 1.82) is 0 Å². The van der Waals surface area contributed by atoms with Crippen LogP contribution in [-0.4, -0.2) is 48.9 Å². The van der Waals surface area contributed by atoms with Gasteiger partial charge in [-0.2, -0.15) is 13.5 Å². The number of halogens is 2. The third-order valence-electron chi connectivity index (χ3n) is 3.58. The van der Waals surface area contributed by atoms with Crippen molar-refractivity contribution < 1.29 is 30.9 Å². The summed E-state index contributed by atoms with van der Waals surface area (Å²) in [5.41, 5.74) is -1.27. The normalized spacial score (nSPS) is 23.9. The van der Waals surface area contributed by atoms with Crippen LogP contribution in [0.15, 0.2) is 30.9 Å². The first-order chi connectivity index (χ1) is 11.8. The molecule has 0 aliphatic carbocycles. The molecule has 1 fully saturated rings. The van der Waals surface area contributed by atoms with Gasteiger partial charge in [-0.1, -0.05) is 6.07 Å². The van der Waals surface area contributed by atoms with Crippen LogP contribution in [0.4, 0.5) is 8.78 Å². The molecule has 0 spiro atoms. The number of aromatic nitrogens is 3. The van der Waals surface area contributed by atoms with Crippen LogP contribution in [-0.2, 0) is 35.9 Å². The molecule has 11 heteroatoms. The summed E-state index contributed by atoms with van der Waals surface area (Å²) in [4.78, 5) is 3.81. The molecule has 0 unspecified atom stereocenters. The minimum atomic E-state index is -3.69. The van der Waals surface area contributed by atoms with E-state index in [0.29, 0.717) is 0 Å². The van der Waals surface area contributed by atoms with Crippen LogP contribution >= 0.6 is 0 Å². The zero-order chi connectivity index (χ0) is 18.1. The maximum atomic E-state index is 14.3. The van der Waals surface area contributed by atoms with Gasteiger partial charge in [-0.05, 0) is 6.07 Å². The first kappa shape index (κ1) is 17.9. The van der Waals surface area contributed by atoms with Gasteiger partial charge >= 0.3 is 0 Å². The molecule has 1 aliphatic heterocycles. The van der Waals surface area contributed by atoms with Crippen molar-refractivity contribution >= 4 is 10.1 Å². The van der Waals surface area contributed by atoms with Gasteiger partial charge in [-0.25, -0.2) is 18.4 Å². The van der Waals surface area contributed by atoms with Crippen LogP contribution in [0, 0.1) is 11.6 Å². The number of benzene rings is 1. The summed E-state index contributed by atoms with van der Waals surface area (Å²) in [5.74, 6) is -1.54. The Morgan fingerprint density at radius 2 is 2.24 bits per heavy atom. The quantitative estimate of drug-likeness (QED) is 0.690. The van der Waals surface area contributed by atoms with Crippen molar-refractivity contribution in [2.45, 2.75) is 18.4 Å². The molecule has 0 radical (unpaired) electrons. The average Bonchev–Trinajstić information content (AvgIpc) is 3.15. The molecule has 0 N–H and O–H groups in total. The summed E-state index contributed by atoms with van der Waals surface area (Å²) in [6.07, 6.45) is 2.56. The number of hydrogen-bond donors (Lipinski definition) is 0. The predicted octanol–water partition coefficient (Wildman–Crippen LogP) is 0.801. The first-order valence-electron chi connectivity index (χ1n) is 7.19. The van der Waals surface area contributed by atoms with Gasteiger partial charge in [-0.3, -0.25) is 4.18 Å². The second kappa shape index (κ2) is 6.75. The van der Waals surface area contributed by atoms with E-state index in [4.69, 9.17) is 9.47 Å². The van der Waals surface area contributed by atoms with E-state index in [1.165, 1.54) is 23.4 Å². The van der Waals surface area contributed by atoms with E-state index >= 15 is 0 Å². The maximum Gasteiger partial charge on any atom is 0.264 e. The zero-order valence-electron chi connectivity index (χ0n) is 13.1. The third kappa shape index (κ3) is 4.18. The third-order valence-corrected chi connectivity index (χ3v) is 4.15. The van der Waals surface area contributed by atoms with Crippen LogP contribution in [0.1, 0.15) is 5.56 Å². The Labute approximate surface area is 142 Å². The Bertz CT molecular complexity index is 846. The molecule has 1 saturated heterocycles. The van der Waals surface area contributed by atoms with Gasteiger partial charge in [0.2, 0.25) is 0 Å². The van der Waals surface area contributed by atoms with E-state index in [2.05, 4.69) is 14.3 Å². The topological polar surface area (TPSA) is 92.5 Å². The highest BCUT2D eigenvalue weighted by Crippen LogP contribution is 2.37. The second-order valence-electron chi connectivity index (χ2n) is 5.56. The molecule has 1 aromatic heterocycles. The van der Waals surface area contributed by atoms with E-state index in [-0.39, 0.29) is 25.3 Å². The molecule has 2 heterocycles. The van der Waals surface area contributed by atoms with Crippen LogP contribution in [0.25, 0.3) is 0 Å². The monoisotopic (exact) mass is 375 g/mol. The molecule has 1 aromatic carbocycles. The van der Waals surface area contributed by atoms with Crippen LogP contribution < -0.4 is 0 Å². The van der Waals surface area contributed by atoms with E-state index in [1.54, 1.807) is 0 Å². The molecule has 0 saturated carbocycles. The number of ether oxygens (including phenoxy) is 2. The minimum Gasteiger partial charge on any atom is -0.347 e. The summed E-state index contributed by atoms with van der Waals surface area (Å²) < 4.78 is 67.0. The molecular formula is C14H15F2N3O5S. The molecule has 136 valence electrons. The Balaban J connectivity index is 1.88. The lowest BCUT2D eigenvalue weighted by atomic mass is 9.94. The van der Waals surface area contributed by atoms with Crippen molar-refractivity contribution in [1.82, 2.24) is 14.8 Å². The highest BCUT2D eigenvalue weighted by atomic mass is 32.2. The van der Waals surface area contributed by atoms with Crippen LogP contribution in [0.5, 0.6) is 0 Å². The fourth-order valence-electron chi connectivity index (χ4n) is 2.55. The molecule has 0 bridgehead atoms. The lowest BCUT2D eigenvalue weighted by molar-refractivity contribution is -0.116. The number of nitrogens with zero attached hydrogens (tertiary/aromatic N) is 3. The number of hydrogen-bond acceptors (Lipinski definition) is 7. The van der Waals surface area contributed by atoms with Crippen molar-refractivity contribution in [3.05, 3.63) is 48.1 Å². The van der Waals surface area contributed by atoms with Crippen LogP contribution in [0.3, 0.4) is 0 Å². The Morgan fingerprint density at radius 3 is 2.88 bits per heavy atom. The zero-order valence-corrected chi connectivity index (χ0v) is 13.9. The summed E-state index contributed by atoms with van der Waals surface area (Å²) >= 11 is 0. The van der Waals surface area contributed by atoms with Gasteiger partial charge in [0.25, 0.3) is 10.1 Å². The molecule has 25 heavy (non-hydrogen) atoms. The Kier molecular flexibility index (Phi) is 4.82. The van der Waals surface area contributed by atoms with Gasteiger partial charge in [0.05, 0.1) is 19.4 Å². The van der Waals surface area contributed by atoms with E-state index in [9.17, 15) is 17.2 Å². The summed E-state index contributed by atoms with van der Waals surface area (Å²) in [5, 5.41) is 3.95. The lowest BCUT2D eigenvalue weighted by Crippen LogP contribution is -2.36. The minimum absolute atomic E-state index is 0.0327. The van der Waals surface area contributed by atoms with E-state index < -0.39 is 33.6 Å². The molecule has 0 amide bonds. The summed E-state index contributed by atoms with van der Waals surface area (Å²) in [6.45, 7) is -0.459. The fraction of sp³-hybridized carbons (Fsp3) is 0.429. The summed E-state index contributed by atoms with van der Waals surface area (Å²) in [7, 11) is -3.69. The Morgan fingerprint density at radius 1 is 1.44 bits per heavy atom. The first-order valence-corrected chi connectivity index (χ1v) is 9.01. The van der Waals surface area contributed by atoms with Crippen molar-refractivity contribution in [2.24, 2.45) is 0 Å². The largest absolute Gasteiger partial charge is 0.347 e. The molecule has 2 aromatic rings. The van der Waals surface area contributed by atoms with Crippen molar-refractivity contribution in [2.75, 3.05) is 19.5 Å². The van der Waals surface area contributed by atoms with Crippen LogP contribution in [0.2, 0.25) is 0 Å². The van der Waals surface area contributed by atoms with Gasteiger partial charge in [0.1, 0.15) is 36.5 Å². The lowest BCUT2D eigenvalue weighted by Gasteiger charge is -2.28. The van der Waals surface area contributed by atoms with Gasteiger partial charge in [-0.15, -0.1) is 0 Å². The molecule has 2 atom stereocenters. The predicted molar refractivity (Wildman–Crippen MR) is 79.7 cm³/mol. The maximum absolute atomic E-state index is 14.3. The van der Waals surface area contributed by atoms with Crippen molar-refractivity contribution in [3.8, 4) is 0 Å².